The van der Waals surface area contributed by atoms with E-state index in [9.17, 15) is 4.79 Å². The van der Waals surface area contributed by atoms with Gasteiger partial charge in [0.15, 0.2) is 0 Å². The highest BCUT2D eigenvalue weighted by molar-refractivity contribution is 5.83. The van der Waals surface area contributed by atoms with Gasteiger partial charge in [0.25, 0.3) is 0 Å². The molecule has 70 valence electrons. The zero-order chi connectivity index (χ0) is 8.97. The van der Waals surface area contributed by atoms with Crippen LogP contribution in [0.5, 0.6) is 0 Å². The Morgan fingerprint density at radius 2 is 2.25 bits per heavy atom. The highest BCUT2D eigenvalue weighted by Gasteiger charge is 2.28. The van der Waals surface area contributed by atoms with Crippen molar-refractivity contribution in [1.82, 2.24) is 0 Å². The number of Topliss-reactive ketones (excluding diaryl/α,β-unsaturated/α-hetero) is 1. The maximum atomic E-state index is 11.3. The molecule has 2 nitrogen and oxygen atoms in total. The van der Waals surface area contributed by atoms with Crippen LogP contribution in [0.4, 0.5) is 0 Å². The molecule has 0 spiro atoms. The van der Waals surface area contributed by atoms with E-state index >= 15 is 0 Å². The van der Waals surface area contributed by atoms with Gasteiger partial charge in [0.2, 0.25) is 0 Å². The lowest BCUT2D eigenvalue weighted by atomic mass is 10.0. The zero-order valence-corrected chi connectivity index (χ0v) is 8.01. The average molecular weight is 170 g/mol. The Balaban J connectivity index is 2.03. The quantitative estimate of drug-likeness (QED) is 0.609. The minimum absolute atomic E-state index is 0.430. The molecule has 0 aromatic carbocycles. The molecule has 0 N–H and O–H groups in total. The summed E-state index contributed by atoms with van der Waals surface area (Å²) >= 11 is 0. The van der Waals surface area contributed by atoms with Gasteiger partial charge in [-0.1, -0.05) is 6.92 Å². The second-order valence-corrected chi connectivity index (χ2v) is 3.84. The molecule has 0 radical (unpaired) electrons. The van der Waals surface area contributed by atoms with Crippen molar-refractivity contribution in [2.45, 2.75) is 32.6 Å². The Labute approximate surface area is 74.3 Å². The van der Waals surface area contributed by atoms with E-state index in [1.54, 1.807) is 7.11 Å². The van der Waals surface area contributed by atoms with Crippen LogP contribution in [0.1, 0.15) is 32.6 Å². The first kappa shape index (κ1) is 9.72. The van der Waals surface area contributed by atoms with Crippen LogP contribution in [0.25, 0.3) is 0 Å². The molecule has 1 aliphatic carbocycles. The van der Waals surface area contributed by atoms with Gasteiger partial charge in [0, 0.05) is 26.1 Å². The molecule has 1 fully saturated rings. The van der Waals surface area contributed by atoms with E-state index in [2.05, 4.69) is 6.92 Å². The molecule has 2 heteroatoms. The lowest BCUT2D eigenvalue weighted by Crippen LogP contribution is -2.08. The fourth-order valence-electron chi connectivity index (χ4n) is 1.37. The van der Waals surface area contributed by atoms with E-state index in [1.807, 2.05) is 0 Å². The van der Waals surface area contributed by atoms with Gasteiger partial charge in [-0.15, -0.1) is 0 Å². The van der Waals surface area contributed by atoms with Gasteiger partial charge in [-0.3, -0.25) is 4.79 Å². The first-order chi connectivity index (χ1) is 5.74. The van der Waals surface area contributed by atoms with Crippen molar-refractivity contribution >= 4 is 5.78 Å². The summed E-state index contributed by atoms with van der Waals surface area (Å²) in [6.45, 7) is 2.90. The number of rotatable bonds is 6. The van der Waals surface area contributed by atoms with Crippen LogP contribution in [0, 0.1) is 11.8 Å². The monoisotopic (exact) mass is 170 g/mol. The summed E-state index contributed by atoms with van der Waals surface area (Å²) in [4.78, 5) is 11.3. The van der Waals surface area contributed by atoms with Gasteiger partial charge in [0.05, 0.1) is 0 Å². The van der Waals surface area contributed by atoms with Gasteiger partial charge in [0.1, 0.15) is 5.78 Å². The fraction of sp³-hybridized carbons (Fsp3) is 0.900. The summed E-state index contributed by atoms with van der Waals surface area (Å²) in [5.41, 5.74) is 0. The third kappa shape index (κ3) is 3.35. The summed E-state index contributed by atoms with van der Waals surface area (Å²) in [6, 6.07) is 0. The SMILES string of the molecule is COCC(C)CCC(=O)C1CC1. The average Bonchev–Trinajstić information content (AvgIpc) is 2.83. The van der Waals surface area contributed by atoms with Crippen molar-refractivity contribution in [3.8, 4) is 0 Å². The van der Waals surface area contributed by atoms with Crippen molar-refractivity contribution in [2.75, 3.05) is 13.7 Å². The lowest BCUT2D eigenvalue weighted by molar-refractivity contribution is -0.120. The summed E-state index contributed by atoms with van der Waals surface area (Å²) in [6.07, 6.45) is 4.02. The summed E-state index contributed by atoms with van der Waals surface area (Å²) < 4.78 is 5.00. The highest BCUT2D eigenvalue weighted by atomic mass is 16.5. The molecule has 0 heterocycles. The van der Waals surface area contributed by atoms with Crippen LogP contribution < -0.4 is 0 Å². The van der Waals surface area contributed by atoms with Crippen LogP contribution >= 0.6 is 0 Å². The van der Waals surface area contributed by atoms with E-state index in [1.165, 1.54) is 0 Å². The van der Waals surface area contributed by atoms with E-state index in [-0.39, 0.29) is 0 Å². The molecule has 0 amide bonds. The number of ketones is 1. The molecule has 0 bridgehead atoms. The number of ether oxygens (including phenoxy) is 1. The molecule has 1 unspecified atom stereocenters. The van der Waals surface area contributed by atoms with Crippen LogP contribution in [-0.2, 0) is 9.53 Å². The molecule has 12 heavy (non-hydrogen) atoms. The topological polar surface area (TPSA) is 26.3 Å². The van der Waals surface area contributed by atoms with Crippen molar-refractivity contribution in [3.05, 3.63) is 0 Å². The number of carbonyl (C=O) groups excluding carboxylic acids is 1. The fourth-order valence-corrected chi connectivity index (χ4v) is 1.37. The second-order valence-electron chi connectivity index (χ2n) is 3.84. The van der Waals surface area contributed by atoms with Gasteiger partial charge in [-0.25, -0.2) is 0 Å². The molecule has 0 saturated heterocycles. The maximum absolute atomic E-state index is 11.3. The van der Waals surface area contributed by atoms with Crippen LogP contribution in [-0.4, -0.2) is 19.5 Å². The van der Waals surface area contributed by atoms with E-state index < -0.39 is 0 Å². The van der Waals surface area contributed by atoms with Crippen molar-refractivity contribution in [2.24, 2.45) is 11.8 Å². The van der Waals surface area contributed by atoms with Crippen LogP contribution in [0.2, 0.25) is 0 Å². The number of hydrogen-bond donors (Lipinski definition) is 0. The molecule has 1 saturated carbocycles. The Kier molecular flexibility index (Phi) is 3.73. The second kappa shape index (κ2) is 4.61. The van der Waals surface area contributed by atoms with Crippen molar-refractivity contribution in [1.29, 1.82) is 0 Å². The van der Waals surface area contributed by atoms with Crippen molar-refractivity contribution in [3.63, 3.8) is 0 Å². The maximum Gasteiger partial charge on any atom is 0.135 e. The van der Waals surface area contributed by atoms with Gasteiger partial charge < -0.3 is 4.74 Å². The number of carbonyl (C=O) groups is 1. The number of hydrogen-bond acceptors (Lipinski definition) is 2. The van der Waals surface area contributed by atoms with Crippen molar-refractivity contribution < 1.29 is 9.53 Å². The first-order valence-corrected chi connectivity index (χ1v) is 4.75. The largest absolute Gasteiger partial charge is 0.384 e. The predicted molar refractivity (Wildman–Crippen MR) is 48.0 cm³/mol. The molecule has 0 aromatic rings. The zero-order valence-electron chi connectivity index (χ0n) is 8.01. The van der Waals surface area contributed by atoms with Gasteiger partial charge in [-0.05, 0) is 25.2 Å². The molecular formula is C10H18O2. The van der Waals surface area contributed by atoms with Gasteiger partial charge >= 0.3 is 0 Å². The summed E-state index contributed by atoms with van der Waals surface area (Å²) in [5.74, 6) is 1.43. The van der Waals surface area contributed by atoms with E-state index in [0.29, 0.717) is 17.6 Å². The van der Waals surface area contributed by atoms with E-state index in [4.69, 9.17) is 4.74 Å². The van der Waals surface area contributed by atoms with Crippen LogP contribution in [0.3, 0.4) is 0 Å². The summed E-state index contributed by atoms with van der Waals surface area (Å²) in [5, 5.41) is 0. The molecule has 1 rings (SSSR count). The third-order valence-corrected chi connectivity index (χ3v) is 2.37. The molecule has 0 aliphatic heterocycles. The summed E-state index contributed by atoms with van der Waals surface area (Å²) in [7, 11) is 1.71. The normalized spacial score (nSPS) is 19.2. The lowest BCUT2D eigenvalue weighted by Gasteiger charge is -2.08. The molecular weight excluding hydrogens is 152 g/mol. The molecule has 1 atom stereocenters. The van der Waals surface area contributed by atoms with E-state index in [0.717, 1.165) is 32.3 Å². The smallest absolute Gasteiger partial charge is 0.135 e. The Bertz CT molecular complexity index is 150. The van der Waals surface area contributed by atoms with Crippen LogP contribution in [0.15, 0.2) is 0 Å². The predicted octanol–water partition coefficient (Wildman–Crippen LogP) is 2.03. The Hall–Kier alpha value is -0.370. The Morgan fingerprint density at radius 1 is 1.58 bits per heavy atom. The standard InChI is InChI=1S/C10H18O2/c1-8(7-12-2)3-6-10(11)9-4-5-9/h8-9H,3-7H2,1-2H3. The van der Waals surface area contributed by atoms with Gasteiger partial charge in [-0.2, -0.15) is 0 Å². The molecule has 1 aliphatic rings. The minimum atomic E-state index is 0.430. The first-order valence-electron chi connectivity index (χ1n) is 4.75. The number of methoxy groups -OCH3 is 1. The Morgan fingerprint density at radius 3 is 2.75 bits per heavy atom. The minimum Gasteiger partial charge on any atom is -0.384 e. The highest BCUT2D eigenvalue weighted by Crippen LogP contribution is 2.31. The third-order valence-electron chi connectivity index (χ3n) is 2.37. The molecule has 0 aromatic heterocycles.